The number of benzene rings is 2. The molecule has 2 aromatic carbocycles. The minimum atomic E-state index is -0.352. The molecule has 116 valence electrons. The van der Waals surface area contributed by atoms with Crippen LogP contribution < -0.4 is 14.2 Å². The van der Waals surface area contributed by atoms with E-state index in [0.29, 0.717) is 11.5 Å². The molecule has 0 saturated carbocycles. The molecule has 0 aliphatic heterocycles. The van der Waals surface area contributed by atoms with Crippen LogP contribution in [0.2, 0.25) is 0 Å². The van der Waals surface area contributed by atoms with Crippen LogP contribution in [0.25, 0.3) is 0 Å². The highest BCUT2D eigenvalue weighted by molar-refractivity contribution is 5.73. The predicted octanol–water partition coefficient (Wildman–Crippen LogP) is 3.69. The minimum Gasteiger partial charge on any atom is -0.493 e. The third-order valence-corrected chi connectivity index (χ3v) is 3.41. The maximum atomic E-state index is 11.9. The number of hydrogen-bond acceptors (Lipinski definition) is 4. The number of methoxy groups -OCH3 is 1. The van der Waals surface area contributed by atoms with Gasteiger partial charge in [0, 0.05) is 0 Å². The summed E-state index contributed by atoms with van der Waals surface area (Å²) in [6.45, 7) is 4.30. The predicted molar refractivity (Wildman–Crippen MR) is 84.7 cm³/mol. The number of hydrogen-bond donors (Lipinski definition) is 0. The third-order valence-electron chi connectivity index (χ3n) is 3.41. The number of carbonyl (C=O) groups is 1. The summed E-state index contributed by atoms with van der Waals surface area (Å²) < 4.78 is 16.1. The van der Waals surface area contributed by atoms with Gasteiger partial charge in [-0.1, -0.05) is 24.3 Å². The second kappa shape index (κ2) is 7.50. The molecular weight excluding hydrogens is 280 g/mol. The Bertz CT molecular complexity index is 649. The summed E-state index contributed by atoms with van der Waals surface area (Å²) >= 11 is 0. The highest BCUT2D eigenvalue weighted by Crippen LogP contribution is 2.26. The first kappa shape index (κ1) is 15.9. The molecule has 0 spiro atoms. The zero-order valence-electron chi connectivity index (χ0n) is 13.1. The van der Waals surface area contributed by atoms with E-state index >= 15 is 0 Å². The molecule has 22 heavy (non-hydrogen) atoms. The number of aryl methyl sites for hydroxylation is 1. The van der Waals surface area contributed by atoms with Gasteiger partial charge in [0.25, 0.3) is 0 Å². The number of ether oxygens (including phenoxy) is 3. The van der Waals surface area contributed by atoms with Crippen LogP contribution in [0.1, 0.15) is 17.5 Å². The molecule has 4 nitrogen and oxygen atoms in total. The van der Waals surface area contributed by atoms with Crippen molar-refractivity contribution in [2.45, 2.75) is 20.3 Å². The molecule has 2 rings (SSSR count). The summed E-state index contributed by atoms with van der Waals surface area (Å²) in [4.78, 5) is 11.9. The lowest BCUT2D eigenvalue weighted by Gasteiger charge is -2.11. The summed E-state index contributed by atoms with van der Waals surface area (Å²) in [5.74, 6) is 1.40. The van der Waals surface area contributed by atoms with E-state index in [1.807, 2.05) is 38.1 Å². The van der Waals surface area contributed by atoms with E-state index in [9.17, 15) is 4.79 Å². The topological polar surface area (TPSA) is 44.8 Å². The molecule has 0 heterocycles. The average molecular weight is 300 g/mol. The van der Waals surface area contributed by atoms with Gasteiger partial charge in [-0.2, -0.15) is 0 Å². The first-order valence-corrected chi connectivity index (χ1v) is 7.14. The molecule has 0 bridgehead atoms. The molecule has 4 heteroatoms. The Labute approximate surface area is 130 Å². The SMILES string of the molecule is COc1ccccc1OC(=O)CCOc1cccc(C)c1C. The van der Waals surface area contributed by atoms with Gasteiger partial charge in [0.1, 0.15) is 5.75 Å². The maximum absolute atomic E-state index is 11.9. The Kier molecular flexibility index (Phi) is 5.42. The lowest BCUT2D eigenvalue weighted by molar-refractivity contribution is -0.135. The first-order chi connectivity index (χ1) is 10.6. The van der Waals surface area contributed by atoms with Crippen LogP contribution in [0.15, 0.2) is 42.5 Å². The molecule has 0 radical (unpaired) electrons. The van der Waals surface area contributed by atoms with Crippen LogP contribution in [0, 0.1) is 13.8 Å². The van der Waals surface area contributed by atoms with E-state index in [4.69, 9.17) is 14.2 Å². The Morgan fingerprint density at radius 3 is 2.36 bits per heavy atom. The standard InChI is InChI=1S/C18H20O4/c1-13-7-6-10-15(14(13)2)21-12-11-18(19)22-17-9-5-4-8-16(17)20-3/h4-10H,11-12H2,1-3H3. The molecule has 2 aromatic rings. The Morgan fingerprint density at radius 2 is 1.64 bits per heavy atom. The second-order valence-corrected chi connectivity index (χ2v) is 4.92. The van der Waals surface area contributed by atoms with Gasteiger partial charge >= 0.3 is 5.97 Å². The van der Waals surface area contributed by atoms with Crippen molar-refractivity contribution in [1.29, 1.82) is 0 Å². The highest BCUT2D eigenvalue weighted by atomic mass is 16.6. The van der Waals surface area contributed by atoms with Gasteiger partial charge < -0.3 is 14.2 Å². The largest absolute Gasteiger partial charge is 0.493 e. The molecule has 0 aliphatic rings. The van der Waals surface area contributed by atoms with Gasteiger partial charge in [0.2, 0.25) is 0 Å². The molecule has 0 aromatic heterocycles. The van der Waals surface area contributed by atoms with Gasteiger partial charge in [-0.3, -0.25) is 4.79 Å². The van der Waals surface area contributed by atoms with Crippen molar-refractivity contribution in [3.05, 3.63) is 53.6 Å². The van der Waals surface area contributed by atoms with Crippen LogP contribution >= 0.6 is 0 Å². The van der Waals surface area contributed by atoms with E-state index in [0.717, 1.165) is 16.9 Å². The maximum Gasteiger partial charge on any atom is 0.314 e. The summed E-state index contributed by atoms with van der Waals surface area (Å²) in [5.41, 5.74) is 2.25. The monoisotopic (exact) mass is 300 g/mol. The van der Waals surface area contributed by atoms with E-state index in [1.165, 1.54) is 7.11 Å². The number of para-hydroxylation sites is 2. The fourth-order valence-corrected chi connectivity index (χ4v) is 2.00. The Balaban J connectivity index is 1.87. The summed E-state index contributed by atoms with van der Waals surface area (Å²) in [7, 11) is 1.54. The lowest BCUT2D eigenvalue weighted by atomic mass is 10.1. The van der Waals surface area contributed by atoms with Crippen LogP contribution in [0.4, 0.5) is 0 Å². The second-order valence-electron chi connectivity index (χ2n) is 4.92. The van der Waals surface area contributed by atoms with Crippen LogP contribution in [0.3, 0.4) is 0 Å². The highest BCUT2D eigenvalue weighted by Gasteiger charge is 2.10. The van der Waals surface area contributed by atoms with Gasteiger partial charge in [-0.15, -0.1) is 0 Å². The van der Waals surface area contributed by atoms with E-state index in [2.05, 4.69) is 0 Å². The molecule has 0 saturated heterocycles. The van der Waals surface area contributed by atoms with Crippen LogP contribution in [-0.2, 0) is 4.79 Å². The van der Waals surface area contributed by atoms with Crippen molar-refractivity contribution in [3.63, 3.8) is 0 Å². The third kappa shape index (κ3) is 4.01. The van der Waals surface area contributed by atoms with Gasteiger partial charge in [0.05, 0.1) is 20.1 Å². The van der Waals surface area contributed by atoms with Crippen LogP contribution in [-0.4, -0.2) is 19.7 Å². The first-order valence-electron chi connectivity index (χ1n) is 7.14. The zero-order valence-corrected chi connectivity index (χ0v) is 13.1. The molecule has 0 amide bonds. The average Bonchev–Trinajstić information content (AvgIpc) is 2.52. The minimum absolute atomic E-state index is 0.172. The normalized spacial score (nSPS) is 10.1. The number of esters is 1. The quantitative estimate of drug-likeness (QED) is 0.603. The molecule has 0 aliphatic carbocycles. The van der Waals surface area contributed by atoms with Gasteiger partial charge in [0.15, 0.2) is 11.5 Å². The van der Waals surface area contributed by atoms with Gasteiger partial charge in [-0.25, -0.2) is 0 Å². The van der Waals surface area contributed by atoms with Crippen molar-refractivity contribution in [3.8, 4) is 17.2 Å². The van der Waals surface area contributed by atoms with Crippen molar-refractivity contribution < 1.29 is 19.0 Å². The van der Waals surface area contributed by atoms with Crippen LogP contribution in [0.5, 0.6) is 17.2 Å². The smallest absolute Gasteiger partial charge is 0.314 e. The number of rotatable bonds is 6. The van der Waals surface area contributed by atoms with E-state index in [1.54, 1.807) is 18.2 Å². The van der Waals surface area contributed by atoms with Crippen molar-refractivity contribution in [2.24, 2.45) is 0 Å². The molecule has 0 unspecified atom stereocenters. The fraction of sp³-hybridized carbons (Fsp3) is 0.278. The summed E-state index contributed by atoms with van der Waals surface area (Å²) in [5, 5.41) is 0. The Hall–Kier alpha value is -2.49. The van der Waals surface area contributed by atoms with Crippen molar-refractivity contribution >= 4 is 5.97 Å². The zero-order chi connectivity index (χ0) is 15.9. The van der Waals surface area contributed by atoms with E-state index in [-0.39, 0.29) is 19.0 Å². The fourth-order valence-electron chi connectivity index (χ4n) is 2.00. The summed E-state index contributed by atoms with van der Waals surface area (Å²) in [6, 6.07) is 12.9. The summed E-state index contributed by atoms with van der Waals surface area (Å²) in [6.07, 6.45) is 0.172. The van der Waals surface area contributed by atoms with Crippen molar-refractivity contribution in [2.75, 3.05) is 13.7 Å². The molecule has 0 fully saturated rings. The molecule has 0 N–H and O–H groups in total. The van der Waals surface area contributed by atoms with Gasteiger partial charge in [-0.05, 0) is 43.2 Å². The van der Waals surface area contributed by atoms with E-state index < -0.39 is 0 Å². The molecule has 0 atom stereocenters. The lowest BCUT2D eigenvalue weighted by Crippen LogP contribution is -2.13. The number of carbonyl (C=O) groups excluding carboxylic acids is 1. The Morgan fingerprint density at radius 1 is 0.955 bits per heavy atom. The molecular formula is C18H20O4. The van der Waals surface area contributed by atoms with Crippen molar-refractivity contribution in [1.82, 2.24) is 0 Å².